The van der Waals surface area contributed by atoms with Gasteiger partial charge in [-0.3, -0.25) is 0 Å². The third-order valence-electron chi connectivity index (χ3n) is 3.82. The zero-order valence-corrected chi connectivity index (χ0v) is 11.8. The number of para-hydroxylation sites is 1. The summed E-state index contributed by atoms with van der Waals surface area (Å²) in [5, 5.41) is 10.3. The molecule has 1 aliphatic carbocycles. The largest absolute Gasteiger partial charge is 0.356 e. The van der Waals surface area contributed by atoms with Crippen molar-refractivity contribution in [2.75, 3.05) is 18.0 Å². The number of fused-ring (bicyclic) bond motifs is 1. The maximum atomic E-state index is 9.37. The number of pyridine rings is 1. The highest BCUT2D eigenvalue weighted by atomic mass is 15.2. The van der Waals surface area contributed by atoms with E-state index >= 15 is 0 Å². The van der Waals surface area contributed by atoms with Crippen molar-refractivity contribution in [2.24, 2.45) is 5.92 Å². The van der Waals surface area contributed by atoms with E-state index in [4.69, 9.17) is 4.98 Å². The van der Waals surface area contributed by atoms with Gasteiger partial charge in [0.1, 0.15) is 5.82 Å². The van der Waals surface area contributed by atoms with Crippen LogP contribution < -0.4 is 4.90 Å². The van der Waals surface area contributed by atoms with Crippen molar-refractivity contribution in [3.05, 3.63) is 35.9 Å². The van der Waals surface area contributed by atoms with Crippen LogP contribution in [0.25, 0.3) is 10.9 Å². The second-order valence-electron chi connectivity index (χ2n) is 5.55. The Balaban J connectivity index is 2.02. The van der Waals surface area contributed by atoms with Crippen LogP contribution >= 0.6 is 0 Å². The fraction of sp³-hybridized carbons (Fsp3) is 0.412. The number of nitrogens with zero attached hydrogens (tertiary/aromatic N) is 3. The van der Waals surface area contributed by atoms with Gasteiger partial charge in [-0.25, -0.2) is 4.98 Å². The van der Waals surface area contributed by atoms with Gasteiger partial charge in [-0.2, -0.15) is 5.26 Å². The van der Waals surface area contributed by atoms with Gasteiger partial charge in [-0.1, -0.05) is 25.1 Å². The third kappa shape index (κ3) is 2.60. The molecule has 1 fully saturated rings. The number of benzene rings is 1. The molecule has 0 N–H and O–H groups in total. The normalized spacial score (nSPS) is 14.2. The van der Waals surface area contributed by atoms with E-state index in [-0.39, 0.29) is 0 Å². The second kappa shape index (κ2) is 5.50. The third-order valence-corrected chi connectivity index (χ3v) is 3.82. The SMILES string of the molecule is CCCN(CC1CC1)c1cc(C#N)c2ccccc2n1. The smallest absolute Gasteiger partial charge is 0.130 e. The van der Waals surface area contributed by atoms with Crippen molar-refractivity contribution < 1.29 is 0 Å². The highest BCUT2D eigenvalue weighted by Crippen LogP contribution is 2.32. The average molecular weight is 265 g/mol. The second-order valence-corrected chi connectivity index (χ2v) is 5.55. The fourth-order valence-electron chi connectivity index (χ4n) is 2.60. The first-order valence-corrected chi connectivity index (χ1v) is 7.36. The zero-order chi connectivity index (χ0) is 13.9. The van der Waals surface area contributed by atoms with Crippen LogP contribution in [0.1, 0.15) is 31.7 Å². The molecule has 0 aliphatic heterocycles. The van der Waals surface area contributed by atoms with Gasteiger partial charge in [0.25, 0.3) is 0 Å². The topological polar surface area (TPSA) is 39.9 Å². The molecule has 0 spiro atoms. The van der Waals surface area contributed by atoms with E-state index in [2.05, 4.69) is 17.9 Å². The predicted molar refractivity (Wildman–Crippen MR) is 81.7 cm³/mol. The number of hydrogen-bond donors (Lipinski definition) is 0. The molecule has 102 valence electrons. The number of nitriles is 1. The standard InChI is InChI=1S/C17H19N3/c1-2-9-20(12-13-7-8-13)17-10-14(11-18)15-5-3-4-6-16(15)19-17/h3-6,10,13H,2,7-9,12H2,1H3. The lowest BCUT2D eigenvalue weighted by Gasteiger charge is -2.23. The first-order chi connectivity index (χ1) is 9.81. The number of anilines is 1. The molecule has 0 bridgehead atoms. The van der Waals surface area contributed by atoms with Gasteiger partial charge in [-0.05, 0) is 37.3 Å². The Morgan fingerprint density at radius 1 is 1.35 bits per heavy atom. The Labute approximate surface area is 119 Å². The van der Waals surface area contributed by atoms with Crippen molar-refractivity contribution >= 4 is 16.7 Å². The molecule has 3 rings (SSSR count). The van der Waals surface area contributed by atoms with E-state index in [1.807, 2.05) is 30.3 Å². The van der Waals surface area contributed by atoms with Crippen molar-refractivity contribution in [2.45, 2.75) is 26.2 Å². The van der Waals surface area contributed by atoms with Gasteiger partial charge in [0, 0.05) is 18.5 Å². The lowest BCUT2D eigenvalue weighted by Crippen LogP contribution is -2.27. The summed E-state index contributed by atoms with van der Waals surface area (Å²) in [5.74, 6) is 1.77. The number of aromatic nitrogens is 1. The average Bonchev–Trinajstić information content (AvgIpc) is 3.29. The summed E-state index contributed by atoms with van der Waals surface area (Å²) in [4.78, 5) is 7.10. The molecule has 1 saturated carbocycles. The van der Waals surface area contributed by atoms with E-state index in [9.17, 15) is 5.26 Å². The van der Waals surface area contributed by atoms with Crippen LogP contribution in [0.4, 0.5) is 5.82 Å². The number of rotatable bonds is 5. The van der Waals surface area contributed by atoms with E-state index < -0.39 is 0 Å². The van der Waals surface area contributed by atoms with Crippen LogP contribution in [0.3, 0.4) is 0 Å². The maximum absolute atomic E-state index is 9.37. The molecule has 0 atom stereocenters. The Hall–Kier alpha value is -2.08. The number of hydrogen-bond acceptors (Lipinski definition) is 3. The molecule has 0 unspecified atom stereocenters. The van der Waals surface area contributed by atoms with Crippen LogP contribution in [0.15, 0.2) is 30.3 Å². The van der Waals surface area contributed by atoms with Gasteiger partial charge in [0.2, 0.25) is 0 Å². The summed E-state index contributed by atoms with van der Waals surface area (Å²) in [5.41, 5.74) is 1.64. The summed E-state index contributed by atoms with van der Waals surface area (Å²) in [6.45, 7) is 4.27. The highest BCUT2D eigenvalue weighted by Gasteiger charge is 2.25. The zero-order valence-electron chi connectivity index (χ0n) is 11.8. The molecule has 1 heterocycles. The summed E-state index contributed by atoms with van der Waals surface area (Å²) >= 11 is 0. The Morgan fingerprint density at radius 3 is 2.85 bits per heavy atom. The fourth-order valence-corrected chi connectivity index (χ4v) is 2.60. The quantitative estimate of drug-likeness (QED) is 0.827. The lowest BCUT2D eigenvalue weighted by molar-refractivity contribution is 0.700. The van der Waals surface area contributed by atoms with E-state index in [1.54, 1.807) is 0 Å². The molecule has 20 heavy (non-hydrogen) atoms. The minimum atomic E-state index is 0.725. The Morgan fingerprint density at radius 2 is 2.15 bits per heavy atom. The summed E-state index contributed by atoms with van der Waals surface area (Å²) < 4.78 is 0. The van der Waals surface area contributed by atoms with Crippen LogP contribution in [-0.2, 0) is 0 Å². The van der Waals surface area contributed by atoms with Gasteiger partial charge < -0.3 is 4.90 Å². The Kier molecular flexibility index (Phi) is 3.56. The van der Waals surface area contributed by atoms with Gasteiger partial charge in [0.05, 0.1) is 17.1 Å². The molecule has 0 amide bonds. The van der Waals surface area contributed by atoms with E-state index in [0.29, 0.717) is 0 Å². The minimum Gasteiger partial charge on any atom is -0.356 e. The van der Waals surface area contributed by atoms with Gasteiger partial charge in [0.15, 0.2) is 0 Å². The van der Waals surface area contributed by atoms with E-state index in [1.165, 1.54) is 12.8 Å². The van der Waals surface area contributed by atoms with Gasteiger partial charge in [-0.15, -0.1) is 0 Å². The first-order valence-electron chi connectivity index (χ1n) is 7.36. The molecule has 1 aromatic carbocycles. The molecule has 0 radical (unpaired) electrons. The molecule has 3 nitrogen and oxygen atoms in total. The maximum Gasteiger partial charge on any atom is 0.130 e. The van der Waals surface area contributed by atoms with Crippen molar-refractivity contribution in [1.29, 1.82) is 5.26 Å². The highest BCUT2D eigenvalue weighted by molar-refractivity contribution is 5.86. The van der Waals surface area contributed by atoms with Crippen molar-refractivity contribution in [1.82, 2.24) is 4.98 Å². The molecule has 0 saturated heterocycles. The Bertz CT molecular complexity index is 653. The minimum absolute atomic E-state index is 0.725. The first kappa shape index (κ1) is 12.9. The summed E-state index contributed by atoms with van der Waals surface area (Å²) in [6, 6.07) is 12.1. The lowest BCUT2D eigenvalue weighted by atomic mass is 10.1. The van der Waals surface area contributed by atoms with E-state index in [0.717, 1.165) is 47.7 Å². The predicted octanol–water partition coefficient (Wildman–Crippen LogP) is 3.73. The van der Waals surface area contributed by atoms with Crippen molar-refractivity contribution in [3.8, 4) is 6.07 Å². The molecule has 2 aromatic rings. The van der Waals surface area contributed by atoms with Crippen LogP contribution in [0.2, 0.25) is 0 Å². The summed E-state index contributed by atoms with van der Waals surface area (Å²) in [7, 11) is 0. The molecule has 1 aliphatic rings. The van der Waals surface area contributed by atoms with Crippen LogP contribution in [0.5, 0.6) is 0 Å². The molecular formula is C17H19N3. The molecule has 3 heteroatoms. The summed E-state index contributed by atoms with van der Waals surface area (Å²) in [6.07, 6.45) is 3.76. The van der Waals surface area contributed by atoms with Gasteiger partial charge >= 0.3 is 0 Å². The monoisotopic (exact) mass is 265 g/mol. The van der Waals surface area contributed by atoms with Crippen LogP contribution in [0, 0.1) is 17.2 Å². The molecule has 1 aromatic heterocycles. The van der Waals surface area contributed by atoms with Crippen LogP contribution in [-0.4, -0.2) is 18.1 Å². The van der Waals surface area contributed by atoms with Crippen molar-refractivity contribution in [3.63, 3.8) is 0 Å². The molecular weight excluding hydrogens is 246 g/mol.